The van der Waals surface area contributed by atoms with Gasteiger partial charge in [-0.2, -0.15) is 0 Å². The molecule has 9 heteroatoms. The van der Waals surface area contributed by atoms with E-state index in [0.717, 1.165) is 10.9 Å². The second-order valence-corrected chi connectivity index (χ2v) is 6.71. The van der Waals surface area contributed by atoms with Crippen LogP contribution in [0.4, 0.5) is 0 Å². The maximum absolute atomic E-state index is 11.9. The van der Waals surface area contributed by atoms with Gasteiger partial charge in [-0.25, -0.2) is 0 Å². The number of benzene rings is 1. The summed E-state index contributed by atoms with van der Waals surface area (Å²) in [6, 6.07) is 4.96. The lowest BCUT2D eigenvalue weighted by Gasteiger charge is -2.12. The molecule has 1 aromatic carbocycles. The van der Waals surface area contributed by atoms with Crippen LogP contribution in [0, 0.1) is 0 Å². The Labute approximate surface area is 170 Å². The number of H-pyrrole nitrogens is 1. The van der Waals surface area contributed by atoms with E-state index in [0.29, 0.717) is 34.4 Å². The highest BCUT2D eigenvalue weighted by Gasteiger charge is 2.11. The van der Waals surface area contributed by atoms with Gasteiger partial charge in [-0.15, -0.1) is 0 Å². The van der Waals surface area contributed by atoms with Crippen LogP contribution in [0.25, 0.3) is 6.08 Å². The van der Waals surface area contributed by atoms with E-state index >= 15 is 0 Å². The summed E-state index contributed by atoms with van der Waals surface area (Å²) in [7, 11) is 1.51. The Bertz CT molecular complexity index is 851. The SMILES string of the molecule is CCCOc1c(Cl)cc(/C=C/C(=O)NNC(=O)c2cc(Br)c[nH]2)cc1OC. The van der Waals surface area contributed by atoms with Crippen LogP contribution in [0.5, 0.6) is 11.5 Å². The number of methoxy groups -OCH3 is 1. The molecule has 1 heterocycles. The lowest BCUT2D eigenvalue weighted by Crippen LogP contribution is -2.40. The number of hydrogen-bond donors (Lipinski definition) is 3. The van der Waals surface area contributed by atoms with Crippen LogP contribution in [-0.4, -0.2) is 30.5 Å². The molecule has 0 unspecified atom stereocenters. The topological polar surface area (TPSA) is 92.5 Å². The Hall–Kier alpha value is -2.45. The van der Waals surface area contributed by atoms with Gasteiger partial charge in [-0.3, -0.25) is 20.4 Å². The van der Waals surface area contributed by atoms with E-state index in [1.165, 1.54) is 13.2 Å². The molecule has 144 valence electrons. The van der Waals surface area contributed by atoms with E-state index < -0.39 is 11.8 Å². The minimum atomic E-state index is -0.504. The molecule has 0 bridgehead atoms. The summed E-state index contributed by atoms with van der Waals surface area (Å²) in [6.45, 7) is 2.51. The zero-order chi connectivity index (χ0) is 19.8. The number of aromatic amines is 1. The Morgan fingerprint density at radius 1 is 1.30 bits per heavy atom. The number of ether oxygens (including phenoxy) is 2. The predicted octanol–water partition coefficient (Wildman–Crippen LogP) is 3.70. The van der Waals surface area contributed by atoms with E-state index in [1.54, 1.807) is 30.5 Å². The maximum Gasteiger partial charge on any atom is 0.286 e. The van der Waals surface area contributed by atoms with Crippen molar-refractivity contribution in [1.82, 2.24) is 15.8 Å². The molecule has 0 aliphatic rings. The number of nitrogens with one attached hydrogen (secondary N) is 3. The molecular weight excluding hydrogens is 438 g/mol. The van der Waals surface area contributed by atoms with Crippen molar-refractivity contribution in [3.8, 4) is 11.5 Å². The summed E-state index contributed by atoms with van der Waals surface area (Å²) in [5.41, 5.74) is 5.55. The minimum Gasteiger partial charge on any atom is -0.493 e. The molecule has 0 radical (unpaired) electrons. The van der Waals surface area contributed by atoms with Crippen molar-refractivity contribution >= 4 is 45.4 Å². The van der Waals surface area contributed by atoms with E-state index in [4.69, 9.17) is 21.1 Å². The lowest BCUT2D eigenvalue weighted by molar-refractivity contribution is -0.117. The van der Waals surface area contributed by atoms with Crippen molar-refractivity contribution in [2.45, 2.75) is 13.3 Å². The summed E-state index contributed by atoms with van der Waals surface area (Å²) >= 11 is 9.46. The number of carbonyl (C=O) groups is 2. The molecule has 0 aliphatic heterocycles. The Morgan fingerprint density at radius 2 is 2.07 bits per heavy atom. The number of rotatable bonds is 7. The van der Waals surface area contributed by atoms with Crippen molar-refractivity contribution in [2.24, 2.45) is 0 Å². The summed E-state index contributed by atoms with van der Waals surface area (Å²) < 4.78 is 11.6. The van der Waals surface area contributed by atoms with E-state index in [2.05, 4.69) is 31.8 Å². The summed E-state index contributed by atoms with van der Waals surface area (Å²) in [5, 5.41) is 0.383. The van der Waals surface area contributed by atoms with E-state index in [9.17, 15) is 9.59 Å². The van der Waals surface area contributed by atoms with Crippen LogP contribution in [0.15, 0.2) is 34.9 Å². The quantitative estimate of drug-likeness (QED) is 0.437. The average molecular weight is 457 g/mol. The van der Waals surface area contributed by atoms with Crippen molar-refractivity contribution in [3.63, 3.8) is 0 Å². The smallest absolute Gasteiger partial charge is 0.286 e. The van der Waals surface area contributed by atoms with Crippen molar-refractivity contribution in [3.05, 3.63) is 51.2 Å². The Balaban J connectivity index is 1.98. The van der Waals surface area contributed by atoms with Gasteiger partial charge in [0.15, 0.2) is 11.5 Å². The third kappa shape index (κ3) is 6.04. The van der Waals surface area contributed by atoms with Gasteiger partial charge in [-0.1, -0.05) is 18.5 Å². The van der Waals surface area contributed by atoms with Crippen LogP contribution in [-0.2, 0) is 4.79 Å². The van der Waals surface area contributed by atoms with Crippen molar-refractivity contribution in [1.29, 1.82) is 0 Å². The first-order valence-corrected chi connectivity index (χ1v) is 9.24. The van der Waals surface area contributed by atoms with Crippen LogP contribution >= 0.6 is 27.5 Å². The average Bonchev–Trinajstić information content (AvgIpc) is 3.09. The number of aromatic nitrogens is 1. The zero-order valence-electron chi connectivity index (χ0n) is 14.8. The zero-order valence-corrected chi connectivity index (χ0v) is 17.1. The Morgan fingerprint density at radius 3 is 2.70 bits per heavy atom. The van der Waals surface area contributed by atoms with Gasteiger partial charge in [0, 0.05) is 16.7 Å². The molecule has 0 saturated carbocycles. The molecule has 0 aliphatic carbocycles. The lowest BCUT2D eigenvalue weighted by atomic mass is 10.2. The monoisotopic (exact) mass is 455 g/mol. The molecular formula is C18H19BrClN3O4. The summed E-state index contributed by atoms with van der Waals surface area (Å²) in [6.07, 6.45) is 5.27. The standard InChI is InChI=1S/C18H19BrClN3O4/c1-3-6-27-17-13(20)7-11(8-15(17)26-2)4-5-16(24)22-23-18(25)14-9-12(19)10-21-14/h4-5,7-10,21H,3,6H2,1-2H3,(H,22,24)(H,23,25)/b5-4+. The van der Waals surface area contributed by atoms with Gasteiger partial charge in [0.05, 0.1) is 18.7 Å². The van der Waals surface area contributed by atoms with Gasteiger partial charge in [-0.05, 0) is 52.2 Å². The van der Waals surface area contributed by atoms with Gasteiger partial charge in [0.25, 0.3) is 11.8 Å². The number of hydrazine groups is 1. The molecule has 1 aromatic heterocycles. The second-order valence-electron chi connectivity index (χ2n) is 5.39. The molecule has 2 aromatic rings. The van der Waals surface area contributed by atoms with Crippen molar-refractivity contribution < 1.29 is 19.1 Å². The molecule has 27 heavy (non-hydrogen) atoms. The van der Waals surface area contributed by atoms with Crippen LogP contribution in [0.2, 0.25) is 5.02 Å². The fourth-order valence-electron chi connectivity index (χ4n) is 2.08. The van der Waals surface area contributed by atoms with Gasteiger partial charge in [0.1, 0.15) is 5.69 Å². The normalized spacial score (nSPS) is 10.7. The summed E-state index contributed by atoms with van der Waals surface area (Å²) in [5.74, 6) is -0.0337. The first-order chi connectivity index (χ1) is 12.9. The number of amides is 2. The third-order valence-electron chi connectivity index (χ3n) is 3.32. The summed E-state index contributed by atoms with van der Waals surface area (Å²) in [4.78, 5) is 26.5. The first-order valence-electron chi connectivity index (χ1n) is 8.07. The third-order valence-corrected chi connectivity index (χ3v) is 4.06. The molecule has 2 rings (SSSR count). The van der Waals surface area contributed by atoms with E-state index in [-0.39, 0.29) is 0 Å². The molecule has 7 nitrogen and oxygen atoms in total. The van der Waals surface area contributed by atoms with Gasteiger partial charge in [0.2, 0.25) is 0 Å². The fourth-order valence-corrected chi connectivity index (χ4v) is 2.70. The van der Waals surface area contributed by atoms with Crippen LogP contribution in [0.3, 0.4) is 0 Å². The second kappa shape index (κ2) is 10.0. The highest BCUT2D eigenvalue weighted by molar-refractivity contribution is 9.10. The Kier molecular flexibility index (Phi) is 7.75. The van der Waals surface area contributed by atoms with Gasteiger partial charge < -0.3 is 14.5 Å². The number of hydrogen-bond acceptors (Lipinski definition) is 4. The highest BCUT2D eigenvalue weighted by Crippen LogP contribution is 2.36. The minimum absolute atomic E-state index is 0.311. The van der Waals surface area contributed by atoms with Crippen LogP contribution in [0.1, 0.15) is 29.4 Å². The van der Waals surface area contributed by atoms with Crippen molar-refractivity contribution in [2.75, 3.05) is 13.7 Å². The number of halogens is 2. The van der Waals surface area contributed by atoms with Crippen LogP contribution < -0.4 is 20.3 Å². The van der Waals surface area contributed by atoms with E-state index in [1.807, 2.05) is 6.92 Å². The number of carbonyl (C=O) groups excluding carboxylic acids is 2. The first kappa shape index (κ1) is 20.9. The van der Waals surface area contributed by atoms with Gasteiger partial charge >= 0.3 is 0 Å². The molecule has 0 fully saturated rings. The predicted molar refractivity (Wildman–Crippen MR) is 107 cm³/mol. The maximum atomic E-state index is 11.9. The molecule has 3 N–H and O–H groups in total. The molecule has 0 spiro atoms. The fraction of sp³-hybridized carbons (Fsp3) is 0.222. The molecule has 0 saturated heterocycles. The highest BCUT2D eigenvalue weighted by atomic mass is 79.9. The molecule has 2 amide bonds. The molecule has 0 atom stereocenters. The largest absolute Gasteiger partial charge is 0.493 e.